The number of aromatic amines is 1. The van der Waals surface area contributed by atoms with Gasteiger partial charge in [-0.05, 0) is 11.4 Å². The van der Waals surface area contributed by atoms with E-state index in [9.17, 15) is 4.79 Å². The SMILES string of the molecule is O=c1[nH]c2cc(-c3cccs3)nn2c2c1COCC2. The maximum Gasteiger partial charge on any atom is 0.256 e. The summed E-state index contributed by atoms with van der Waals surface area (Å²) in [5.41, 5.74) is 3.23. The van der Waals surface area contributed by atoms with E-state index in [1.54, 1.807) is 11.3 Å². The van der Waals surface area contributed by atoms with Gasteiger partial charge < -0.3 is 9.72 Å². The number of hydrogen-bond acceptors (Lipinski definition) is 4. The standard InChI is InChI=1S/C13H11N3O2S/c17-13-8-7-18-4-3-10(8)16-12(14-13)6-9(15-16)11-2-1-5-19-11/h1-2,5-6H,3-4,7H2,(H,14,17). The number of hydrogen-bond donors (Lipinski definition) is 1. The van der Waals surface area contributed by atoms with E-state index in [0.717, 1.165) is 28.3 Å². The third-order valence-corrected chi connectivity index (χ3v) is 4.22. The van der Waals surface area contributed by atoms with Crippen LogP contribution in [0.5, 0.6) is 0 Å². The Labute approximate surface area is 112 Å². The van der Waals surface area contributed by atoms with Crippen molar-refractivity contribution in [2.75, 3.05) is 6.61 Å². The molecule has 0 atom stereocenters. The van der Waals surface area contributed by atoms with Crippen molar-refractivity contribution < 1.29 is 4.74 Å². The van der Waals surface area contributed by atoms with Gasteiger partial charge in [-0.1, -0.05) is 6.07 Å². The fraction of sp³-hybridized carbons (Fsp3) is 0.231. The highest BCUT2D eigenvalue weighted by atomic mass is 32.1. The molecule has 0 saturated carbocycles. The quantitative estimate of drug-likeness (QED) is 0.735. The molecule has 3 aromatic rings. The predicted octanol–water partition coefficient (Wildman–Crippen LogP) is 1.82. The summed E-state index contributed by atoms with van der Waals surface area (Å²) in [6, 6.07) is 5.94. The van der Waals surface area contributed by atoms with Gasteiger partial charge in [0.25, 0.3) is 5.56 Å². The molecule has 0 aromatic carbocycles. The highest BCUT2D eigenvalue weighted by molar-refractivity contribution is 7.13. The number of fused-ring (bicyclic) bond motifs is 3. The lowest BCUT2D eigenvalue weighted by Gasteiger charge is -2.15. The van der Waals surface area contributed by atoms with Crippen molar-refractivity contribution in [3.8, 4) is 10.6 Å². The molecule has 1 aliphatic heterocycles. The first-order chi connectivity index (χ1) is 9.33. The zero-order valence-electron chi connectivity index (χ0n) is 10.0. The summed E-state index contributed by atoms with van der Waals surface area (Å²) in [5.74, 6) is 0. The Morgan fingerprint density at radius 2 is 2.42 bits per heavy atom. The predicted molar refractivity (Wildman–Crippen MR) is 72.5 cm³/mol. The second-order valence-corrected chi connectivity index (χ2v) is 5.43. The van der Waals surface area contributed by atoms with E-state index in [0.29, 0.717) is 18.8 Å². The molecule has 1 N–H and O–H groups in total. The molecule has 0 bridgehead atoms. The van der Waals surface area contributed by atoms with Gasteiger partial charge in [-0.25, -0.2) is 4.52 Å². The van der Waals surface area contributed by atoms with Crippen LogP contribution in [0.15, 0.2) is 28.4 Å². The van der Waals surface area contributed by atoms with Crippen molar-refractivity contribution in [2.24, 2.45) is 0 Å². The van der Waals surface area contributed by atoms with E-state index < -0.39 is 0 Å². The first-order valence-electron chi connectivity index (χ1n) is 6.08. The number of aromatic nitrogens is 3. The molecule has 0 amide bonds. The van der Waals surface area contributed by atoms with Crippen molar-refractivity contribution in [2.45, 2.75) is 13.0 Å². The Kier molecular flexibility index (Phi) is 2.33. The second kappa shape index (κ2) is 4.04. The first kappa shape index (κ1) is 11.0. The minimum Gasteiger partial charge on any atom is -0.376 e. The summed E-state index contributed by atoms with van der Waals surface area (Å²) >= 11 is 1.64. The molecule has 0 spiro atoms. The normalized spacial score (nSPS) is 14.7. The highest BCUT2D eigenvalue weighted by Crippen LogP contribution is 2.25. The molecule has 6 heteroatoms. The number of nitrogens with one attached hydrogen (secondary N) is 1. The van der Waals surface area contributed by atoms with Gasteiger partial charge in [0, 0.05) is 12.5 Å². The van der Waals surface area contributed by atoms with Crippen LogP contribution in [-0.4, -0.2) is 21.2 Å². The lowest BCUT2D eigenvalue weighted by Crippen LogP contribution is -2.25. The lowest BCUT2D eigenvalue weighted by atomic mass is 10.1. The van der Waals surface area contributed by atoms with Gasteiger partial charge in [0.2, 0.25) is 0 Å². The van der Waals surface area contributed by atoms with Crippen molar-refractivity contribution in [3.63, 3.8) is 0 Å². The molecule has 4 heterocycles. The van der Waals surface area contributed by atoms with Crippen LogP contribution in [0.1, 0.15) is 11.3 Å². The third-order valence-electron chi connectivity index (χ3n) is 3.33. The van der Waals surface area contributed by atoms with E-state index in [1.165, 1.54) is 0 Å². The minimum absolute atomic E-state index is 0.0696. The van der Waals surface area contributed by atoms with Gasteiger partial charge in [0.05, 0.1) is 29.3 Å². The Bertz CT molecular complexity index is 801. The molecule has 1 aliphatic rings. The highest BCUT2D eigenvalue weighted by Gasteiger charge is 2.18. The molecule has 96 valence electrons. The summed E-state index contributed by atoms with van der Waals surface area (Å²) < 4.78 is 7.19. The van der Waals surface area contributed by atoms with Crippen LogP contribution in [-0.2, 0) is 17.8 Å². The van der Waals surface area contributed by atoms with Crippen LogP contribution in [0.25, 0.3) is 16.2 Å². The van der Waals surface area contributed by atoms with E-state index in [4.69, 9.17) is 4.74 Å². The lowest BCUT2D eigenvalue weighted by molar-refractivity contribution is 0.107. The molecular weight excluding hydrogens is 262 g/mol. The van der Waals surface area contributed by atoms with Crippen LogP contribution in [0.4, 0.5) is 0 Å². The van der Waals surface area contributed by atoms with Gasteiger partial charge in [0.1, 0.15) is 11.3 Å². The Balaban J connectivity index is 2.01. The van der Waals surface area contributed by atoms with Gasteiger partial charge in [-0.2, -0.15) is 5.10 Å². The summed E-state index contributed by atoms with van der Waals surface area (Å²) in [4.78, 5) is 16.0. The zero-order chi connectivity index (χ0) is 12.8. The fourth-order valence-corrected chi connectivity index (χ4v) is 3.10. The summed E-state index contributed by atoms with van der Waals surface area (Å²) in [5, 5.41) is 6.63. The number of thiophene rings is 1. The van der Waals surface area contributed by atoms with Crippen LogP contribution in [0.3, 0.4) is 0 Å². The molecule has 0 unspecified atom stereocenters. The van der Waals surface area contributed by atoms with Gasteiger partial charge in [-0.15, -0.1) is 11.3 Å². The van der Waals surface area contributed by atoms with E-state index in [2.05, 4.69) is 10.1 Å². The molecule has 5 nitrogen and oxygen atoms in total. The largest absolute Gasteiger partial charge is 0.376 e. The van der Waals surface area contributed by atoms with Gasteiger partial charge in [-0.3, -0.25) is 4.79 Å². The maximum absolute atomic E-state index is 12.0. The fourth-order valence-electron chi connectivity index (χ4n) is 2.42. The number of nitrogens with zero attached hydrogens (tertiary/aromatic N) is 2. The molecule has 0 fully saturated rings. The molecule has 0 aliphatic carbocycles. The second-order valence-electron chi connectivity index (χ2n) is 4.49. The molecule has 4 rings (SSSR count). The number of rotatable bonds is 1. The monoisotopic (exact) mass is 273 g/mol. The average Bonchev–Trinajstić information content (AvgIpc) is 3.07. The maximum atomic E-state index is 12.0. The first-order valence-corrected chi connectivity index (χ1v) is 6.96. The van der Waals surface area contributed by atoms with E-state index >= 15 is 0 Å². The topological polar surface area (TPSA) is 59.4 Å². The van der Waals surface area contributed by atoms with Crippen molar-refractivity contribution in [3.05, 3.63) is 45.2 Å². The Morgan fingerprint density at radius 3 is 3.26 bits per heavy atom. The van der Waals surface area contributed by atoms with Crippen LogP contribution >= 0.6 is 11.3 Å². The smallest absolute Gasteiger partial charge is 0.256 e. The number of H-pyrrole nitrogens is 1. The van der Waals surface area contributed by atoms with Crippen molar-refractivity contribution in [1.29, 1.82) is 0 Å². The van der Waals surface area contributed by atoms with Gasteiger partial charge in [0.15, 0.2) is 0 Å². The van der Waals surface area contributed by atoms with Crippen molar-refractivity contribution >= 4 is 17.0 Å². The average molecular weight is 273 g/mol. The summed E-state index contributed by atoms with van der Waals surface area (Å²) in [7, 11) is 0. The molecular formula is C13H11N3O2S. The summed E-state index contributed by atoms with van der Waals surface area (Å²) in [6.07, 6.45) is 0.724. The Morgan fingerprint density at radius 1 is 1.47 bits per heavy atom. The Hall–Kier alpha value is -1.92. The summed E-state index contributed by atoms with van der Waals surface area (Å²) in [6.45, 7) is 1.01. The van der Waals surface area contributed by atoms with E-state index in [1.807, 2.05) is 28.1 Å². The minimum atomic E-state index is -0.0696. The van der Waals surface area contributed by atoms with Crippen LogP contribution < -0.4 is 5.56 Å². The third kappa shape index (κ3) is 1.64. The molecule has 0 radical (unpaired) electrons. The number of ether oxygens (including phenoxy) is 1. The molecule has 0 saturated heterocycles. The van der Waals surface area contributed by atoms with E-state index in [-0.39, 0.29) is 5.56 Å². The molecule has 3 aromatic heterocycles. The van der Waals surface area contributed by atoms with Crippen LogP contribution in [0.2, 0.25) is 0 Å². The molecule has 19 heavy (non-hydrogen) atoms. The van der Waals surface area contributed by atoms with Gasteiger partial charge >= 0.3 is 0 Å². The van der Waals surface area contributed by atoms with Crippen molar-refractivity contribution in [1.82, 2.24) is 14.6 Å². The zero-order valence-corrected chi connectivity index (χ0v) is 10.9. The van der Waals surface area contributed by atoms with Crippen LogP contribution in [0, 0.1) is 0 Å².